The summed E-state index contributed by atoms with van der Waals surface area (Å²) in [5, 5.41) is 0. The highest BCUT2D eigenvalue weighted by atomic mass is 32.2. The smallest absolute Gasteiger partial charge is 0.320 e. The molecule has 1 aromatic carbocycles. The molecular weight excluding hydrogens is 256 g/mol. The molecule has 0 spiro atoms. The van der Waals surface area contributed by atoms with E-state index in [1.165, 1.54) is 0 Å². The van der Waals surface area contributed by atoms with Gasteiger partial charge >= 0.3 is 5.97 Å². The third-order valence-electron chi connectivity index (χ3n) is 2.14. The molecule has 100 valence electrons. The summed E-state index contributed by atoms with van der Waals surface area (Å²) in [6.07, 6.45) is 0. The molecule has 0 aliphatic heterocycles. The Hall–Kier alpha value is -1.60. The third-order valence-corrected chi connectivity index (χ3v) is 3.42. The summed E-state index contributed by atoms with van der Waals surface area (Å²) in [6, 6.07) is 6.67. The molecule has 0 saturated heterocycles. The number of nitrogen functional groups attached to an aromatic ring is 1. The van der Waals surface area contributed by atoms with Crippen molar-refractivity contribution >= 4 is 21.7 Å². The van der Waals surface area contributed by atoms with Gasteiger partial charge in [0.05, 0.1) is 12.4 Å². The standard InChI is InChI=1S/C11H16N2O4S/c1-2-17-11(14)7-13-18(15,16)8-9-5-3-4-6-10(9)12/h3-6,13H,2,7-8,12H2,1H3. The number of ether oxygens (including phenoxy) is 1. The zero-order valence-electron chi connectivity index (χ0n) is 10.0. The zero-order valence-corrected chi connectivity index (χ0v) is 10.9. The fourth-order valence-electron chi connectivity index (χ4n) is 1.30. The highest BCUT2D eigenvalue weighted by Gasteiger charge is 2.15. The van der Waals surface area contributed by atoms with Gasteiger partial charge in [-0.3, -0.25) is 4.79 Å². The van der Waals surface area contributed by atoms with Gasteiger partial charge in [-0.1, -0.05) is 18.2 Å². The second kappa shape index (κ2) is 6.36. The Labute approximate surface area is 106 Å². The predicted octanol–water partition coefficient (Wildman–Crippen LogP) is 0.251. The topological polar surface area (TPSA) is 98.5 Å². The monoisotopic (exact) mass is 272 g/mol. The van der Waals surface area contributed by atoms with Crippen LogP contribution in [0.25, 0.3) is 0 Å². The van der Waals surface area contributed by atoms with Gasteiger partial charge < -0.3 is 10.5 Å². The van der Waals surface area contributed by atoms with Crippen molar-refractivity contribution in [2.45, 2.75) is 12.7 Å². The number of para-hydroxylation sites is 1. The summed E-state index contributed by atoms with van der Waals surface area (Å²) in [5.74, 6) is -0.874. The molecule has 0 unspecified atom stereocenters. The average Bonchev–Trinajstić information content (AvgIpc) is 2.30. The summed E-state index contributed by atoms with van der Waals surface area (Å²) in [4.78, 5) is 11.0. The van der Waals surface area contributed by atoms with E-state index in [2.05, 4.69) is 9.46 Å². The predicted molar refractivity (Wildman–Crippen MR) is 68.1 cm³/mol. The van der Waals surface area contributed by atoms with E-state index in [0.29, 0.717) is 11.3 Å². The normalized spacial score (nSPS) is 11.2. The Morgan fingerprint density at radius 2 is 2.06 bits per heavy atom. The number of hydrogen-bond donors (Lipinski definition) is 2. The van der Waals surface area contributed by atoms with Gasteiger partial charge in [-0.25, -0.2) is 13.1 Å². The van der Waals surface area contributed by atoms with E-state index in [1.54, 1.807) is 31.2 Å². The maximum absolute atomic E-state index is 11.7. The number of sulfonamides is 1. The van der Waals surface area contributed by atoms with Crippen molar-refractivity contribution in [1.29, 1.82) is 0 Å². The fourth-order valence-corrected chi connectivity index (χ4v) is 2.41. The lowest BCUT2D eigenvalue weighted by atomic mass is 10.2. The van der Waals surface area contributed by atoms with E-state index >= 15 is 0 Å². The number of esters is 1. The molecule has 1 rings (SSSR count). The first kappa shape index (κ1) is 14.5. The summed E-state index contributed by atoms with van der Waals surface area (Å²) < 4.78 is 30.2. The van der Waals surface area contributed by atoms with Crippen LogP contribution in [0, 0.1) is 0 Å². The summed E-state index contributed by atoms with van der Waals surface area (Å²) in [7, 11) is -3.60. The maximum atomic E-state index is 11.7. The van der Waals surface area contributed by atoms with Crippen LogP contribution in [0.4, 0.5) is 5.69 Å². The minimum absolute atomic E-state index is 0.214. The first-order chi connectivity index (χ1) is 8.44. The van der Waals surface area contributed by atoms with Crippen molar-refractivity contribution in [1.82, 2.24) is 4.72 Å². The van der Waals surface area contributed by atoms with E-state index in [9.17, 15) is 13.2 Å². The van der Waals surface area contributed by atoms with Gasteiger partial charge in [-0.05, 0) is 18.6 Å². The largest absolute Gasteiger partial charge is 0.465 e. The van der Waals surface area contributed by atoms with Gasteiger partial charge in [0, 0.05) is 5.69 Å². The van der Waals surface area contributed by atoms with E-state index in [4.69, 9.17) is 5.73 Å². The first-order valence-electron chi connectivity index (χ1n) is 5.41. The van der Waals surface area contributed by atoms with Crippen LogP contribution >= 0.6 is 0 Å². The number of carbonyl (C=O) groups is 1. The number of anilines is 1. The Balaban J connectivity index is 2.60. The lowest BCUT2D eigenvalue weighted by Crippen LogP contribution is -2.31. The minimum Gasteiger partial charge on any atom is -0.465 e. The molecule has 0 fully saturated rings. The van der Waals surface area contributed by atoms with Crippen molar-refractivity contribution in [3.8, 4) is 0 Å². The molecule has 0 amide bonds. The fraction of sp³-hybridized carbons (Fsp3) is 0.364. The summed E-state index contributed by atoms with van der Waals surface area (Å²) in [6.45, 7) is 1.49. The number of benzene rings is 1. The van der Waals surface area contributed by atoms with Gasteiger partial charge in [-0.15, -0.1) is 0 Å². The van der Waals surface area contributed by atoms with Crippen molar-refractivity contribution in [3.63, 3.8) is 0 Å². The second-order valence-electron chi connectivity index (χ2n) is 3.58. The Kier molecular flexibility index (Phi) is 5.11. The van der Waals surface area contributed by atoms with Gasteiger partial charge in [-0.2, -0.15) is 0 Å². The van der Waals surface area contributed by atoms with Crippen LogP contribution in [0.15, 0.2) is 24.3 Å². The van der Waals surface area contributed by atoms with Crippen LogP contribution in [0.1, 0.15) is 12.5 Å². The van der Waals surface area contributed by atoms with Gasteiger partial charge in [0.2, 0.25) is 10.0 Å². The molecule has 1 aromatic rings. The molecule has 7 heteroatoms. The summed E-state index contributed by atoms with van der Waals surface area (Å²) in [5.41, 5.74) is 6.54. The van der Waals surface area contributed by atoms with Crippen molar-refractivity contribution in [2.75, 3.05) is 18.9 Å². The average molecular weight is 272 g/mol. The molecule has 0 aliphatic carbocycles. The molecule has 3 N–H and O–H groups in total. The molecule has 0 atom stereocenters. The van der Waals surface area contributed by atoms with E-state index in [0.717, 1.165) is 0 Å². The first-order valence-corrected chi connectivity index (χ1v) is 7.06. The van der Waals surface area contributed by atoms with Crippen LogP contribution in [-0.4, -0.2) is 27.5 Å². The zero-order chi connectivity index (χ0) is 13.6. The van der Waals surface area contributed by atoms with E-state index in [1.807, 2.05) is 0 Å². The summed E-state index contributed by atoms with van der Waals surface area (Å²) >= 11 is 0. The van der Waals surface area contributed by atoms with Crippen LogP contribution < -0.4 is 10.5 Å². The van der Waals surface area contributed by atoms with Gasteiger partial charge in [0.15, 0.2) is 0 Å². The van der Waals surface area contributed by atoms with Gasteiger partial charge in [0.25, 0.3) is 0 Å². The molecule has 0 aromatic heterocycles. The van der Waals surface area contributed by atoms with Crippen LogP contribution in [-0.2, 0) is 25.3 Å². The number of nitrogens with two attached hydrogens (primary N) is 1. The van der Waals surface area contributed by atoms with E-state index in [-0.39, 0.29) is 18.9 Å². The number of nitrogens with one attached hydrogen (secondary N) is 1. The van der Waals surface area contributed by atoms with Gasteiger partial charge in [0.1, 0.15) is 6.54 Å². The molecule has 6 nitrogen and oxygen atoms in total. The SMILES string of the molecule is CCOC(=O)CNS(=O)(=O)Cc1ccccc1N. The number of rotatable bonds is 6. The maximum Gasteiger partial charge on any atom is 0.320 e. The second-order valence-corrected chi connectivity index (χ2v) is 5.39. The van der Waals surface area contributed by atoms with Crippen LogP contribution in [0.2, 0.25) is 0 Å². The Morgan fingerprint density at radius 1 is 1.39 bits per heavy atom. The molecular formula is C11H16N2O4S. The lowest BCUT2D eigenvalue weighted by molar-refractivity contribution is -0.141. The lowest BCUT2D eigenvalue weighted by Gasteiger charge is -2.08. The highest BCUT2D eigenvalue weighted by Crippen LogP contribution is 2.13. The van der Waals surface area contributed by atoms with Crippen LogP contribution in [0.3, 0.4) is 0 Å². The van der Waals surface area contributed by atoms with E-state index < -0.39 is 16.0 Å². The minimum atomic E-state index is -3.60. The number of carbonyl (C=O) groups excluding carboxylic acids is 1. The third kappa shape index (κ3) is 4.72. The van der Waals surface area contributed by atoms with Crippen LogP contribution in [0.5, 0.6) is 0 Å². The van der Waals surface area contributed by atoms with Crippen molar-refractivity contribution in [2.24, 2.45) is 0 Å². The van der Waals surface area contributed by atoms with Crippen molar-refractivity contribution in [3.05, 3.63) is 29.8 Å². The highest BCUT2D eigenvalue weighted by molar-refractivity contribution is 7.88. The Bertz CT molecular complexity index is 514. The molecule has 0 saturated carbocycles. The Morgan fingerprint density at radius 3 is 2.67 bits per heavy atom. The molecule has 0 bridgehead atoms. The quantitative estimate of drug-likeness (QED) is 0.571. The molecule has 0 aliphatic rings. The number of hydrogen-bond acceptors (Lipinski definition) is 5. The molecule has 0 radical (unpaired) electrons. The molecule has 0 heterocycles. The van der Waals surface area contributed by atoms with Crippen molar-refractivity contribution < 1.29 is 17.9 Å². The molecule has 18 heavy (non-hydrogen) atoms.